The number of amides is 5. The summed E-state index contributed by atoms with van der Waals surface area (Å²) in [5, 5.41) is 8.81. The lowest BCUT2D eigenvalue weighted by Crippen LogP contribution is -2.52. The van der Waals surface area contributed by atoms with Gasteiger partial charge < -0.3 is 30.7 Å². The summed E-state index contributed by atoms with van der Waals surface area (Å²) in [6.45, 7) is 3.13. The topological polar surface area (TPSA) is 169 Å². The Bertz CT molecular complexity index is 2500. The van der Waals surface area contributed by atoms with Gasteiger partial charge in [0.15, 0.2) is 17.2 Å². The molecular weight excluding hydrogens is 844 g/mol. The van der Waals surface area contributed by atoms with Crippen LogP contribution < -0.4 is 31.2 Å². The van der Waals surface area contributed by atoms with Gasteiger partial charge in [-0.25, -0.2) is 8.78 Å². The number of piperidine rings is 1. The van der Waals surface area contributed by atoms with Crippen molar-refractivity contribution in [2.75, 3.05) is 20.2 Å². The van der Waals surface area contributed by atoms with Crippen molar-refractivity contribution in [1.29, 1.82) is 0 Å². The van der Waals surface area contributed by atoms with Crippen LogP contribution in [0.5, 0.6) is 11.5 Å². The summed E-state index contributed by atoms with van der Waals surface area (Å²) in [6, 6.07) is 18.5. The Kier molecular flexibility index (Phi) is 13.1. The number of carbonyl (C=O) groups is 5. The standard InChI is InChI=1S/C49H52ClF2N5O7/c1-27-40-38(24-35(51)43(50)42(40)41-33(45(53)59)19-21-37(63-2)44(41)52)64-49(27,30-12-6-3-7-13-30)26-55-31-17-15-29(16-18-31)46(60)54-23-8-4-5-10-28-11-9-14-32-34(28)25-57(48(32)62)36-20-22-39(58)56-47(36)61/h3,6-7,9,11-14,19,21,24,27,29,31,36,55H,4-5,8,10,15-18,20,22-23,25-26H2,1-2H3,(H2,53,59)(H,54,60)(H,56,58,61). The SMILES string of the molecule is COc1ccc(C(N)=O)c(-c2c(Cl)c(F)cc3c2C(C)C(CNC2CCC(C(=O)NCCCCCc4cccc5c4CN(C4CCC(=O)NC4=O)C5=O)CC2)(c2ccccc2)O3)c1F. The minimum absolute atomic E-state index is 0.0177. The molecule has 1 saturated heterocycles. The monoisotopic (exact) mass is 895 g/mol. The minimum atomic E-state index is -1.08. The molecule has 0 spiro atoms. The fourth-order valence-electron chi connectivity index (χ4n) is 10.1. The molecule has 5 amide bonds. The molecule has 0 aromatic heterocycles. The number of halogens is 3. The quantitative estimate of drug-likeness (QED) is 0.0717. The lowest BCUT2D eigenvalue weighted by atomic mass is 9.77. The number of nitrogens with one attached hydrogen (secondary N) is 3. The molecule has 0 bridgehead atoms. The molecule has 1 aliphatic carbocycles. The van der Waals surface area contributed by atoms with Gasteiger partial charge in [0, 0.05) is 72.3 Å². The van der Waals surface area contributed by atoms with Crippen LogP contribution in [0.25, 0.3) is 11.1 Å². The average Bonchev–Trinajstić information content (AvgIpc) is 3.77. The van der Waals surface area contributed by atoms with Gasteiger partial charge in [0.25, 0.3) is 5.91 Å². The van der Waals surface area contributed by atoms with E-state index in [1.54, 1.807) is 11.0 Å². The summed E-state index contributed by atoms with van der Waals surface area (Å²) in [6.07, 6.45) is 6.78. The molecule has 64 heavy (non-hydrogen) atoms. The zero-order valence-electron chi connectivity index (χ0n) is 35.9. The highest BCUT2D eigenvalue weighted by molar-refractivity contribution is 6.34. The number of aryl methyl sites for hydroxylation is 1. The van der Waals surface area contributed by atoms with Crippen LogP contribution in [-0.2, 0) is 33.0 Å². The number of fused-ring (bicyclic) bond motifs is 2. The second-order valence-electron chi connectivity index (χ2n) is 17.3. The highest BCUT2D eigenvalue weighted by Gasteiger charge is 2.50. The first-order valence-corrected chi connectivity index (χ1v) is 22.4. The van der Waals surface area contributed by atoms with Gasteiger partial charge in [-0.1, -0.05) is 67.4 Å². The fraction of sp³-hybridized carbons (Fsp3) is 0.408. The van der Waals surface area contributed by atoms with Gasteiger partial charge in [-0.05, 0) is 86.3 Å². The van der Waals surface area contributed by atoms with Gasteiger partial charge in [0.2, 0.25) is 23.6 Å². The van der Waals surface area contributed by atoms with E-state index in [0.717, 1.165) is 55.2 Å². The van der Waals surface area contributed by atoms with Crippen LogP contribution in [0.4, 0.5) is 8.78 Å². The van der Waals surface area contributed by atoms with E-state index < -0.39 is 41.0 Å². The smallest absolute Gasteiger partial charge is 0.255 e. The van der Waals surface area contributed by atoms with E-state index in [1.165, 1.54) is 25.3 Å². The molecule has 3 unspecified atom stereocenters. The molecule has 1 saturated carbocycles. The third kappa shape index (κ3) is 8.45. The second kappa shape index (κ2) is 18.7. The molecule has 3 heterocycles. The molecule has 3 atom stereocenters. The van der Waals surface area contributed by atoms with Crippen molar-refractivity contribution in [2.24, 2.45) is 11.7 Å². The van der Waals surface area contributed by atoms with Crippen LogP contribution >= 0.6 is 11.6 Å². The normalized spacial score (nSPS) is 22.7. The predicted molar refractivity (Wildman–Crippen MR) is 236 cm³/mol. The third-order valence-corrected chi connectivity index (χ3v) is 14.0. The van der Waals surface area contributed by atoms with Crippen LogP contribution in [0.15, 0.2) is 66.7 Å². The Morgan fingerprint density at radius 1 is 0.969 bits per heavy atom. The number of benzene rings is 4. The van der Waals surface area contributed by atoms with Crippen molar-refractivity contribution < 1.29 is 42.2 Å². The zero-order valence-corrected chi connectivity index (χ0v) is 36.6. The van der Waals surface area contributed by atoms with Gasteiger partial charge in [-0.3, -0.25) is 29.3 Å². The number of ether oxygens (including phenoxy) is 2. The number of unbranched alkanes of at least 4 members (excludes halogenated alkanes) is 2. The van der Waals surface area contributed by atoms with Crippen molar-refractivity contribution >= 4 is 41.1 Å². The summed E-state index contributed by atoms with van der Waals surface area (Å²) in [5.74, 6) is -4.15. The van der Waals surface area contributed by atoms with E-state index in [2.05, 4.69) is 16.0 Å². The molecule has 4 aromatic carbocycles. The molecule has 3 aliphatic heterocycles. The van der Waals surface area contributed by atoms with Crippen molar-refractivity contribution in [1.82, 2.24) is 20.9 Å². The summed E-state index contributed by atoms with van der Waals surface area (Å²) in [4.78, 5) is 64.8. The van der Waals surface area contributed by atoms with Gasteiger partial charge in [-0.2, -0.15) is 0 Å². The maximum Gasteiger partial charge on any atom is 0.255 e. The Morgan fingerprint density at radius 2 is 1.73 bits per heavy atom. The summed E-state index contributed by atoms with van der Waals surface area (Å²) >= 11 is 6.66. The van der Waals surface area contributed by atoms with Crippen molar-refractivity contribution in [3.8, 4) is 22.6 Å². The van der Waals surface area contributed by atoms with Crippen LogP contribution in [0.1, 0.15) is 114 Å². The van der Waals surface area contributed by atoms with E-state index in [0.29, 0.717) is 50.0 Å². The van der Waals surface area contributed by atoms with Crippen LogP contribution in [0, 0.1) is 17.6 Å². The Labute approximate surface area is 375 Å². The molecule has 8 rings (SSSR count). The number of hydrogen-bond acceptors (Lipinski definition) is 8. The lowest BCUT2D eigenvalue weighted by Gasteiger charge is -2.37. The molecule has 12 nitrogen and oxygen atoms in total. The highest BCUT2D eigenvalue weighted by atomic mass is 35.5. The van der Waals surface area contributed by atoms with Crippen LogP contribution in [-0.4, -0.2) is 66.7 Å². The van der Waals surface area contributed by atoms with E-state index in [1.807, 2.05) is 49.4 Å². The van der Waals surface area contributed by atoms with Crippen molar-refractivity contribution in [2.45, 2.75) is 101 Å². The molecule has 15 heteroatoms. The number of primary amides is 1. The third-order valence-electron chi connectivity index (χ3n) is 13.6. The first-order chi connectivity index (χ1) is 30.8. The average molecular weight is 896 g/mol. The highest BCUT2D eigenvalue weighted by Crippen LogP contribution is 2.56. The number of imide groups is 1. The number of nitrogens with two attached hydrogens (primary N) is 1. The Hall–Kier alpha value is -5.86. The van der Waals surface area contributed by atoms with Gasteiger partial charge in [0.1, 0.15) is 17.6 Å². The lowest BCUT2D eigenvalue weighted by molar-refractivity contribution is -0.137. The summed E-state index contributed by atoms with van der Waals surface area (Å²) < 4.78 is 43.8. The Balaban J connectivity index is 0.856. The first kappa shape index (κ1) is 44.7. The van der Waals surface area contributed by atoms with Crippen molar-refractivity contribution in [3.63, 3.8) is 0 Å². The van der Waals surface area contributed by atoms with E-state index in [-0.39, 0.29) is 69.3 Å². The zero-order chi connectivity index (χ0) is 45.3. The second-order valence-corrected chi connectivity index (χ2v) is 17.7. The van der Waals surface area contributed by atoms with E-state index >= 15 is 8.78 Å². The number of hydrogen-bond donors (Lipinski definition) is 4. The largest absolute Gasteiger partial charge is 0.494 e. The maximum absolute atomic E-state index is 16.2. The molecule has 4 aliphatic rings. The molecule has 4 aromatic rings. The summed E-state index contributed by atoms with van der Waals surface area (Å²) in [5.41, 5.74) is 8.05. The molecule has 336 valence electrons. The van der Waals surface area contributed by atoms with Crippen molar-refractivity contribution in [3.05, 3.63) is 117 Å². The molecule has 2 fully saturated rings. The number of rotatable bonds is 15. The van der Waals surface area contributed by atoms with Gasteiger partial charge >= 0.3 is 0 Å². The van der Waals surface area contributed by atoms with Crippen LogP contribution in [0.3, 0.4) is 0 Å². The van der Waals surface area contributed by atoms with Crippen LogP contribution in [0.2, 0.25) is 5.02 Å². The number of methoxy groups -OCH3 is 1. The van der Waals surface area contributed by atoms with Gasteiger partial charge in [0.05, 0.1) is 17.7 Å². The minimum Gasteiger partial charge on any atom is -0.494 e. The maximum atomic E-state index is 16.2. The number of nitrogens with zero attached hydrogens (tertiary/aromatic N) is 1. The van der Waals surface area contributed by atoms with E-state index in [4.69, 9.17) is 26.8 Å². The molecular formula is C49H52ClF2N5O7. The van der Waals surface area contributed by atoms with E-state index in [9.17, 15) is 24.0 Å². The van der Waals surface area contributed by atoms with Gasteiger partial charge in [-0.15, -0.1) is 0 Å². The molecule has 5 N–H and O–H groups in total. The molecule has 0 radical (unpaired) electrons. The summed E-state index contributed by atoms with van der Waals surface area (Å²) in [7, 11) is 1.29. The number of carbonyl (C=O) groups excluding carboxylic acids is 5. The first-order valence-electron chi connectivity index (χ1n) is 22.0. The predicted octanol–water partition coefficient (Wildman–Crippen LogP) is 7.22. The Morgan fingerprint density at radius 3 is 2.45 bits per heavy atom. The fourth-order valence-corrected chi connectivity index (χ4v) is 10.3.